The molecule has 0 bridgehead atoms. The van der Waals surface area contributed by atoms with E-state index in [-0.39, 0.29) is 12.2 Å². The summed E-state index contributed by atoms with van der Waals surface area (Å²) in [5.74, 6) is -0.0200. The highest BCUT2D eigenvalue weighted by Crippen LogP contribution is 2.24. The Labute approximate surface area is 93.7 Å². The number of ketones is 1. The Balaban J connectivity index is 2.47. The van der Waals surface area contributed by atoms with Crippen molar-refractivity contribution in [2.75, 3.05) is 0 Å². The first-order valence-electron chi connectivity index (χ1n) is 5.19. The van der Waals surface area contributed by atoms with Crippen LogP contribution in [0.5, 0.6) is 0 Å². The molecule has 3 heteroatoms. The van der Waals surface area contributed by atoms with Gasteiger partial charge in [0.2, 0.25) is 0 Å². The van der Waals surface area contributed by atoms with Crippen LogP contribution in [0.25, 0.3) is 10.9 Å². The van der Waals surface area contributed by atoms with E-state index in [1.807, 2.05) is 24.3 Å². The number of Topliss-reactive ketones (excluding diaryl/α,β-unsaturated/α-hetero) is 1. The molecule has 1 aromatic heterocycles. The number of fused-ring (bicyclic) bond motifs is 1. The summed E-state index contributed by atoms with van der Waals surface area (Å²) < 4.78 is 0. The van der Waals surface area contributed by atoms with Gasteiger partial charge in [-0.15, -0.1) is 0 Å². The number of hydrogen-bond donors (Lipinski definition) is 1. The molecule has 82 valence electrons. The fourth-order valence-electron chi connectivity index (χ4n) is 1.79. The lowest BCUT2D eigenvalue weighted by Crippen LogP contribution is -2.04. The van der Waals surface area contributed by atoms with Crippen LogP contribution < -0.4 is 0 Å². The SMILES string of the molecule is CC(=O)CC(O)c1ccnc2ccccc12. The lowest BCUT2D eigenvalue weighted by molar-refractivity contribution is -0.118. The van der Waals surface area contributed by atoms with Crippen molar-refractivity contribution in [1.29, 1.82) is 0 Å². The Morgan fingerprint density at radius 1 is 1.38 bits per heavy atom. The largest absolute Gasteiger partial charge is 0.388 e. The van der Waals surface area contributed by atoms with Crippen LogP contribution in [0.4, 0.5) is 0 Å². The van der Waals surface area contributed by atoms with E-state index in [1.165, 1.54) is 6.92 Å². The van der Waals surface area contributed by atoms with Gasteiger partial charge in [0, 0.05) is 18.0 Å². The second-order valence-corrected chi connectivity index (χ2v) is 3.84. The minimum atomic E-state index is -0.745. The summed E-state index contributed by atoms with van der Waals surface area (Å²) in [4.78, 5) is 15.2. The lowest BCUT2D eigenvalue weighted by Gasteiger charge is -2.11. The lowest BCUT2D eigenvalue weighted by atomic mass is 10.0. The van der Waals surface area contributed by atoms with E-state index in [0.29, 0.717) is 0 Å². The van der Waals surface area contributed by atoms with E-state index in [4.69, 9.17) is 0 Å². The van der Waals surface area contributed by atoms with Crippen molar-refractivity contribution in [2.24, 2.45) is 0 Å². The summed E-state index contributed by atoms with van der Waals surface area (Å²) in [7, 11) is 0. The normalized spacial score (nSPS) is 12.6. The van der Waals surface area contributed by atoms with Gasteiger partial charge in [-0.1, -0.05) is 18.2 Å². The van der Waals surface area contributed by atoms with Crippen LogP contribution in [0.3, 0.4) is 0 Å². The number of para-hydroxylation sites is 1. The van der Waals surface area contributed by atoms with Crippen molar-refractivity contribution in [1.82, 2.24) is 4.98 Å². The number of carbonyl (C=O) groups excluding carboxylic acids is 1. The van der Waals surface area contributed by atoms with Crippen LogP contribution in [0, 0.1) is 0 Å². The van der Waals surface area contributed by atoms with E-state index in [9.17, 15) is 9.90 Å². The van der Waals surface area contributed by atoms with E-state index in [2.05, 4.69) is 4.98 Å². The van der Waals surface area contributed by atoms with Gasteiger partial charge in [-0.25, -0.2) is 0 Å². The highest BCUT2D eigenvalue weighted by Gasteiger charge is 2.13. The smallest absolute Gasteiger partial charge is 0.132 e. The molecule has 0 aliphatic heterocycles. The maximum absolute atomic E-state index is 11.0. The second kappa shape index (κ2) is 4.41. The van der Waals surface area contributed by atoms with Crippen molar-refractivity contribution >= 4 is 16.7 Å². The molecule has 0 saturated heterocycles. The standard InChI is InChI=1S/C13H13NO2/c1-9(15)8-13(16)11-6-7-14-12-5-3-2-4-10(11)12/h2-7,13,16H,8H2,1H3. The maximum Gasteiger partial charge on any atom is 0.132 e. The van der Waals surface area contributed by atoms with E-state index >= 15 is 0 Å². The molecular formula is C13H13NO2. The molecule has 1 unspecified atom stereocenters. The number of pyridine rings is 1. The Morgan fingerprint density at radius 3 is 2.88 bits per heavy atom. The molecule has 3 nitrogen and oxygen atoms in total. The third kappa shape index (κ3) is 2.09. The van der Waals surface area contributed by atoms with Gasteiger partial charge in [-0.3, -0.25) is 9.78 Å². The maximum atomic E-state index is 11.0. The zero-order chi connectivity index (χ0) is 11.5. The zero-order valence-electron chi connectivity index (χ0n) is 9.05. The van der Waals surface area contributed by atoms with Crippen molar-refractivity contribution in [3.05, 3.63) is 42.1 Å². The molecule has 16 heavy (non-hydrogen) atoms. The first kappa shape index (κ1) is 10.8. The van der Waals surface area contributed by atoms with E-state index < -0.39 is 6.10 Å². The number of rotatable bonds is 3. The zero-order valence-corrected chi connectivity index (χ0v) is 9.05. The second-order valence-electron chi connectivity index (χ2n) is 3.84. The number of aromatic nitrogens is 1. The summed E-state index contributed by atoms with van der Waals surface area (Å²) in [5, 5.41) is 10.8. The molecule has 1 atom stereocenters. The monoisotopic (exact) mass is 215 g/mol. The number of aliphatic hydroxyl groups excluding tert-OH is 1. The molecule has 0 amide bonds. The van der Waals surface area contributed by atoms with Crippen molar-refractivity contribution in [2.45, 2.75) is 19.4 Å². The highest BCUT2D eigenvalue weighted by molar-refractivity contribution is 5.83. The first-order chi connectivity index (χ1) is 7.68. The molecule has 0 fully saturated rings. The van der Waals surface area contributed by atoms with Gasteiger partial charge < -0.3 is 5.11 Å². The van der Waals surface area contributed by atoms with Gasteiger partial charge in [0.15, 0.2) is 0 Å². The third-order valence-corrected chi connectivity index (χ3v) is 2.52. The summed E-state index contributed by atoms with van der Waals surface area (Å²) in [6.45, 7) is 1.48. The molecule has 1 aromatic carbocycles. The minimum Gasteiger partial charge on any atom is -0.388 e. The number of carbonyl (C=O) groups is 1. The predicted octanol–water partition coefficient (Wildman–Crippen LogP) is 2.25. The van der Waals surface area contributed by atoms with E-state index in [0.717, 1.165) is 16.5 Å². The Hall–Kier alpha value is -1.74. The molecule has 1 heterocycles. The van der Waals surface area contributed by atoms with Gasteiger partial charge in [-0.2, -0.15) is 0 Å². The van der Waals surface area contributed by atoms with Crippen molar-refractivity contribution in [3.63, 3.8) is 0 Å². The molecule has 0 spiro atoms. The molecule has 0 aliphatic carbocycles. The van der Waals surface area contributed by atoms with Gasteiger partial charge >= 0.3 is 0 Å². The number of nitrogens with zero attached hydrogens (tertiary/aromatic N) is 1. The Bertz CT molecular complexity index is 517. The number of hydrogen-bond acceptors (Lipinski definition) is 3. The fraction of sp³-hybridized carbons (Fsp3) is 0.231. The molecule has 2 rings (SSSR count). The summed E-state index contributed by atoms with van der Waals surface area (Å²) in [6.07, 6.45) is 1.06. The van der Waals surface area contributed by atoms with Crippen LogP contribution in [-0.4, -0.2) is 15.9 Å². The van der Waals surface area contributed by atoms with Gasteiger partial charge in [0.05, 0.1) is 11.6 Å². The molecule has 0 radical (unpaired) electrons. The average Bonchev–Trinajstić information content (AvgIpc) is 2.27. The van der Waals surface area contributed by atoms with Gasteiger partial charge in [0.25, 0.3) is 0 Å². The molecule has 1 N–H and O–H groups in total. The van der Waals surface area contributed by atoms with Crippen LogP contribution in [0.15, 0.2) is 36.5 Å². The Kier molecular flexibility index (Phi) is 2.97. The van der Waals surface area contributed by atoms with Crippen LogP contribution >= 0.6 is 0 Å². The number of benzene rings is 1. The van der Waals surface area contributed by atoms with Crippen LogP contribution in [-0.2, 0) is 4.79 Å². The van der Waals surface area contributed by atoms with Crippen molar-refractivity contribution in [3.8, 4) is 0 Å². The van der Waals surface area contributed by atoms with E-state index in [1.54, 1.807) is 12.3 Å². The summed E-state index contributed by atoms with van der Waals surface area (Å²) >= 11 is 0. The van der Waals surface area contributed by atoms with Crippen molar-refractivity contribution < 1.29 is 9.90 Å². The quantitative estimate of drug-likeness (QED) is 0.854. The minimum absolute atomic E-state index is 0.0200. The topological polar surface area (TPSA) is 50.2 Å². The molecule has 2 aromatic rings. The summed E-state index contributed by atoms with van der Waals surface area (Å²) in [6, 6.07) is 9.35. The third-order valence-electron chi connectivity index (χ3n) is 2.52. The van der Waals surface area contributed by atoms with Crippen LogP contribution in [0.2, 0.25) is 0 Å². The average molecular weight is 215 g/mol. The van der Waals surface area contributed by atoms with Gasteiger partial charge in [-0.05, 0) is 24.6 Å². The Morgan fingerprint density at radius 2 is 2.12 bits per heavy atom. The summed E-state index contributed by atoms with van der Waals surface area (Å²) in [5.41, 5.74) is 1.60. The first-order valence-corrected chi connectivity index (χ1v) is 5.19. The van der Waals surface area contributed by atoms with Gasteiger partial charge in [0.1, 0.15) is 5.78 Å². The predicted molar refractivity (Wildman–Crippen MR) is 62.0 cm³/mol. The molecule has 0 saturated carbocycles. The molecular weight excluding hydrogens is 202 g/mol. The molecule has 0 aliphatic rings. The highest BCUT2D eigenvalue weighted by atomic mass is 16.3. The number of aliphatic hydroxyl groups is 1. The van der Waals surface area contributed by atoms with Crippen LogP contribution in [0.1, 0.15) is 25.0 Å². The fourth-order valence-corrected chi connectivity index (χ4v) is 1.79.